The summed E-state index contributed by atoms with van der Waals surface area (Å²) >= 11 is 0. The lowest BCUT2D eigenvalue weighted by atomic mass is 9.85. The van der Waals surface area contributed by atoms with Crippen LogP contribution in [0.3, 0.4) is 0 Å². The second-order valence-electron chi connectivity index (χ2n) is 6.57. The summed E-state index contributed by atoms with van der Waals surface area (Å²) in [6, 6.07) is 8.63. The van der Waals surface area contributed by atoms with E-state index in [4.69, 9.17) is 0 Å². The molecule has 2 nitrogen and oxygen atoms in total. The van der Waals surface area contributed by atoms with Crippen LogP contribution in [0.4, 0.5) is 0 Å². The van der Waals surface area contributed by atoms with Gasteiger partial charge < -0.3 is 9.88 Å². The Kier molecular flexibility index (Phi) is 4.87. The largest absolute Gasteiger partial charge is 0.350 e. The number of fused-ring (bicyclic) bond motifs is 1. The number of hydrogen-bond donors (Lipinski definition) is 1. The Balaban J connectivity index is 2.03. The van der Waals surface area contributed by atoms with Gasteiger partial charge in [-0.05, 0) is 35.9 Å². The number of nitrogens with zero attached hydrogens (tertiary/aromatic N) is 1. The predicted molar refractivity (Wildman–Crippen MR) is 87.8 cm³/mol. The molecule has 0 spiro atoms. The van der Waals surface area contributed by atoms with Crippen molar-refractivity contribution >= 4 is 10.9 Å². The van der Waals surface area contributed by atoms with Crippen LogP contribution in [0.2, 0.25) is 0 Å². The molecule has 2 heteroatoms. The lowest BCUT2D eigenvalue weighted by Gasteiger charge is -2.25. The molecule has 0 radical (unpaired) electrons. The number of aryl methyl sites for hydroxylation is 1. The molecule has 1 heterocycles. The highest BCUT2D eigenvalue weighted by molar-refractivity contribution is 5.83. The Labute approximate surface area is 123 Å². The molecule has 0 bridgehead atoms. The molecule has 110 valence electrons. The summed E-state index contributed by atoms with van der Waals surface area (Å²) in [6.07, 6.45) is 2.25. The number of para-hydroxylation sites is 1. The van der Waals surface area contributed by atoms with Gasteiger partial charge in [0.15, 0.2) is 0 Å². The molecule has 0 saturated heterocycles. The van der Waals surface area contributed by atoms with Crippen LogP contribution < -0.4 is 5.32 Å². The number of aromatic nitrogens is 1. The molecule has 0 fully saturated rings. The predicted octanol–water partition coefficient (Wildman–Crippen LogP) is 4.20. The minimum atomic E-state index is 0.731. The Morgan fingerprint density at radius 1 is 1.05 bits per heavy atom. The van der Waals surface area contributed by atoms with Gasteiger partial charge in [0.05, 0.1) is 0 Å². The van der Waals surface area contributed by atoms with Crippen LogP contribution in [0.1, 0.15) is 33.3 Å². The monoisotopic (exact) mass is 272 g/mol. The van der Waals surface area contributed by atoms with Gasteiger partial charge in [0, 0.05) is 30.7 Å². The van der Waals surface area contributed by atoms with E-state index >= 15 is 0 Å². The van der Waals surface area contributed by atoms with Crippen molar-refractivity contribution in [2.75, 3.05) is 6.54 Å². The Hall–Kier alpha value is -1.28. The summed E-state index contributed by atoms with van der Waals surface area (Å²) in [7, 11) is 2.12. The van der Waals surface area contributed by atoms with E-state index in [1.165, 1.54) is 16.5 Å². The third kappa shape index (κ3) is 3.24. The summed E-state index contributed by atoms with van der Waals surface area (Å²) in [5, 5.41) is 5.03. The van der Waals surface area contributed by atoms with Crippen LogP contribution in [-0.2, 0) is 13.6 Å². The maximum Gasteiger partial charge on any atom is 0.0481 e. The molecule has 0 aliphatic rings. The van der Waals surface area contributed by atoms with E-state index in [-0.39, 0.29) is 0 Å². The van der Waals surface area contributed by atoms with Gasteiger partial charge in [0.1, 0.15) is 0 Å². The zero-order chi connectivity index (χ0) is 14.7. The van der Waals surface area contributed by atoms with Gasteiger partial charge in [-0.15, -0.1) is 0 Å². The average Bonchev–Trinajstić information content (AvgIpc) is 2.71. The standard InChI is InChI=1S/C18H28N2/c1-13(2)17(14(3)4)11-19-10-15-12-20(5)18-9-7-6-8-16(15)18/h6-9,12-14,17,19H,10-11H2,1-5H3. The summed E-state index contributed by atoms with van der Waals surface area (Å²) in [5.74, 6) is 2.20. The highest BCUT2D eigenvalue weighted by Crippen LogP contribution is 2.22. The molecule has 2 aromatic rings. The van der Waals surface area contributed by atoms with Crippen molar-refractivity contribution in [3.8, 4) is 0 Å². The lowest BCUT2D eigenvalue weighted by Crippen LogP contribution is -2.29. The quantitative estimate of drug-likeness (QED) is 0.834. The highest BCUT2D eigenvalue weighted by atomic mass is 14.9. The molecule has 0 unspecified atom stereocenters. The maximum atomic E-state index is 3.66. The van der Waals surface area contributed by atoms with Crippen molar-refractivity contribution in [2.45, 2.75) is 34.2 Å². The zero-order valence-electron chi connectivity index (χ0n) is 13.5. The fourth-order valence-electron chi connectivity index (χ4n) is 3.18. The topological polar surface area (TPSA) is 17.0 Å². The zero-order valence-corrected chi connectivity index (χ0v) is 13.5. The molecule has 0 saturated carbocycles. The summed E-state index contributed by atoms with van der Waals surface area (Å²) < 4.78 is 2.22. The first-order valence-corrected chi connectivity index (χ1v) is 7.74. The van der Waals surface area contributed by atoms with Crippen molar-refractivity contribution in [3.05, 3.63) is 36.0 Å². The van der Waals surface area contributed by atoms with Crippen LogP contribution in [0.15, 0.2) is 30.5 Å². The first kappa shape index (κ1) is 15.1. The van der Waals surface area contributed by atoms with E-state index in [0.29, 0.717) is 0 Å². The third-order valence-electron chi connectivity index (χ3n) is 4.39. The van der Waals surface area contributed by atoms with Gasteiger partial charge in [-0.2, -0.15) is 0 Å². The first-order valence-electron chi connectivity index (χ1n) is 7.74. The molecule has 0 atom stereocenters. The van der Waals surface area contributed by atoms with Crippen molar-refractivity contribution in [1.82, 2.24) is 9.88 Å². The molecule has 1 aromatic carbocycles. The van der Waals surface area contributed by atoms with Crippen molar-refractivity contribution in [1.29, 1.82) is 0 Å². The van der Waals surface area contributed by atoms with Crippen molar-refractivity contribution < 1.29 is 0 Å². The van der Waals surface area contributed by atoms with Gasteiger partial charge in [-0.3, -0.25) is 0 Å². The minimum Gasteiger partial charge on any atom is -0.350 e. The molecule has 0 aliphatic heterocycles. The van der Waals surface area contributed by atoms with Crippen LogP contribution in [0, 0.1) is 17.8 Å². The van der Waals surface area contributed by atoms with Gasteiger partial charge in [-0.1, -0.05) is 45.9 Å². The Morgan fingerprint density at radius 2 is 1.70 bits per heavy atom. The molecular weight excluding hydrogens is 244 g/mol. The Bertz CT molecular complexity index is 544. The van der Waals surface area contributed by atoms with Crippen LogP contribution in [-0.4, -0.2) is 11.1 Å². The maximum absolute atomic E-state index is 3.66. The molecule has 0 amide bonds. The molecule has 1 N–H and O–H groups in total. The molecule has 2 rings (SSSR count). The SMILES string of the molecule is CC(C)C(CNCc1cn(C)c2ccccc12)C(C)C. The summed E-state index contributed by atoms with van der Waals surface area (Å²) in [6.45, 7) is 11.3. The van der Waals surface area contributed by atoms with Crippen LogP contribution >= 0.6 is 0 Å². The minimum absolute atomic E-state index is 0.731. The molecule has 1 aromatic heterocycles. The second kappa shape index (κ2) is 6.45. The normalized spacial score (nSPS) is 12.2. The van der Waals surface area contributed by atoms with Gasteiger partial charge in [0.2, 0.25) is 0 Å². The molecule has 0 aliphatic carbocycles. The van der Waals surface area contributed by atoms with E-state index in [1.54, 1.807) is 0 Å². The van der Waals surface area contributed by atoms with E-state index in [0.717, 1.165) is 30.8 Å². The van der Waals surface area contributed by atoms with Gasteiger partial charge >= 0.3 is 0 Å². The lowest BCUT2D eigenvalue weighted by molar-refractivity contribution is 0.275. The average molecular weight is 272 g/mol. The van der Waals surface area contributed by atoms with Crippen molar-refractivity contribution in [2.24, 2.45) is 24.8 Å². The number of hydrogen-bond acceptors (Lipinski definition) is 1. The number of nitrogens with one attached hydrogen (secondary N) is 1. The van der Waals surface area contributed by atoms with Gasteiger partial charge in [0.25, 0.3) is 0 Å². The van der Waals surface area contributed by atoms with E-state index < -0.39 is 0 Å². The van der Waals surface area contributed by atoms with E-state index in [9.17, 15) is 0 Å². The fourth-order valence-corrected chi connectivity index (χ4v) is 3.18. The van der Waals surface area contributed by atoms with Crippen LogP contribution in [0.25, 0.3) is 10.9 Å². The van der Waals surface area contributed by atoms with E-state index in [2.05, 4.69) is 75.1 Å². The van der Waals surface area contributed by atoms with E-state index in [1.807, 2.05) is 0 Å². The second-order valence-corrected chi connectivity index (χ2v) is 6.57. The summed E-state index contributed by atoms with van der Waals surface area (Å²) in [5.41, 5.74) is 2.71. The fraction of sp³-hybridized carbons (Fsp3) is 0.556. The Morgan fingerprint density at radius 3 is 2.35 bits per heavy atom. The van der Waals surface area contributed by atoms with Crippen LogP contribution in [0.5, 0.6) is 0 Å². The molecular formula is C18H28N2. The smallest absolute Gasteiger partial charge is 0.0481 e. The number of rotatable bonds is 6. The molecule has 20 heavy (non-hydrogen) atoms. The summed E-state index contributed by atoms with van der Waals surface area (Å²) in [4.78, 5) is 0. The van der Waals surface area contributed by atoms with Gasteiger partial charge in [-0.25, -0.2) is 0 Å². The number of benzene rings is 1. The highest BCUT2D eigenvalue weighted by Gasteiger charge is 2.17. The van der Waals surface area contributed by atoms with Crippen molar-refractivity contribution in [3.63, 3.8) is 0 Å². The first-order chi connectivity index (χ1) is 9.50. The third-order valence-corrected chi connectivity index (χ3v) is 4.39.